The highest BCUT2D eigenvalue weighted by atomic mass is 16.4. The highest BCUT2D eigenvalue weighted by molar-refractivity contribution is 5.94. The van der Waals surface area contributed by atoms with Crippen molar-refractivity contribution in [2.45, 2.75) is 69.9 Å². The summed E-state index contributed by atoms with van der Waals surface area (Å²) >= 11 is 0. The number of tetrazole rings is 1. The summed E-state index contributed by atoms with van der Waals surface area (Å²) in [6.45, 7) is 1.97. The molecular weight excluding hydrogens is 442 g/mol. The van der Waals surface area contributed by atoms with E-state index < -0.39 is 6.09 Å². The van der Waals surface area contributed by atoms with Crippen molar-refractivity contribution in [1.29, 1.82) is 0 Å². The van der Waals surface area contributed by atoms with E-state index in [2.05, 4.69) is 55.5 Å². The molecular formula is C26H29N7O2. The van der Waals surface area contributed by atoms with Gasteiger partial charge in [-0.05, 0) is 56.7 Å². The number of hydrogen-bond acceptors (Lipinski definition) is 5. The van der Waals surface area contributed by atoms with E-state index in [9.17, 15) is 9.90 Å². The van der Waals surface area contributed by atoms with E-state index in [1.54, 1.807) is 0 Å². The van der Waals surface area contributed by atoms with E-state index in [1.807, 2.05) is 19.1 Å². The van der Waals surface area contributed by atoms with Crippen molar-refractivity contribution in [3.63, 3.8) is 0 Å². The summed E-state index contributed by atoms with van der Waals surface area (Å²) in [5.74, 6) is 2.07. The molecule has 1 amide bonds. The van der Waals surface area contributed by atoms with Crippen LogP contribution in [-0.2, 0) is 12.8 Å². The highest BCUT2D eigenvalue weighted by Crippen LogP contribution is 2.42. The van der Waals surface area contributed by atoms with Crippen LogP contribution in [0.25, 0.3) is 11.0 Å². The van der Waals surface area contributed by atoms with Gasteiger partial charge in [0, 0.05) is 30.0 Å². The van der Waals surface area contributed by atoms with Crippen molar-refractivity contribution in [3.8, 4) is 0 Å². The molecule has 2 aromatic carbocycles. The van der Waals surface area contributed by atoms with Gasteiger partial charge in [0.15, 0.2) is 5.82 Å². The third-order valence-electron chi connectivity index (χ3n) is 7.68. The predicted octanol–water partition coefficient (Wildman–Crippen LogP) is 4.86. The van der Waals surface area contributed by atoms with Gasteiger partial charge in [-0.3, -0.25) is 4.90 Å². The predicted molar refractivity (Wildman–Crippen MR) is 132 cm³/mol. The molecule has 0 saturated heterocycles. The first kappa shape index (κ1) is 21.8. The van der Waals surface area contributed by atoms with E-state index in [4.69, 9.17) is 4.98 Å². The first-order chi connectivity index (χ1) is 17.1. The van der Waals surface area contributed by atoms with E-state index >= 15 is 0 Å². The summed E-state index contributed by atoms with van der Waals surface area (Å²) in [5, 5.41) is 24.8. The summed E-state index contributed by atoms with van der Waals surface area (Å²) in [4.78, 5) is 18.8. The van der Waals surface area contributed by atoms with Gasteiger partial charge in [0.1, 0.15) is 5.82 Å². The number of fused-ring (bicyclic) bond motifs is 3. The number of benzene rings is 2. The van der Waals surface area contributed by atoms with Crippen molar-refractivity contribution < 1.29 is 9.90 Å². The van der Waals surface area contributed by atoms with Crippen molar-refractivity contribution in [2.24, 2.45) is 0 Å². The van der Waals surface area contributed by atoms with Gasteiger partial charge in [0.25, 0.3) is 0 Å². The maximum absolute atomic E-state index is 12.1. The first-order valence-corrected chi connectivity index (χ1v) is 12.4. The molecule has 1 aliphatic heterocycles. The maximum Gasteiger partial charge on any atom is 0.412 e. The number of amides is 1. The minimum absolute atomic E-state index is 0.0441. The van der Waals surface area contributed by atoms with Gasteiger partial charge in [-0.25, -0.2) is 9.78 Å². The lowest BCUT2D eigenvalue weighted by Crippen LogP contribution is -2.41. The fourth-order valence-corrected chi connectivity index (χ4v) is 6.02. The second-order valence-electron chi connectivity index (χ2n) is 9.82. The molecule has 6 rings (SSSR count). The molecule has 1 aliphatic carbocycles. The lowest BCUT2D eigenvalue weighted by Gasteiger charge is -2.33. The monoisotopic (exact) mass is 471 g/mol. The fourth-order valence-electron chi connectivity index (χ4n) is 6.02. The van der Waals surface area contributed by atoms with Crippen molar-refractivity contribution in [2.75, 3.05) is 4.90 Å². The average molecular weight is 472 g/mol. The van der Waals surface area contributed by atoms with Gasteiger partial charge < -0.3 is 9.67 Å². The Morgan fingerprint density at radius 1 is 1.14 bits per heavy atom. The van der Waals surface area contributed by atoms with Crippen molar-refractivity contribution in [3.05, 3.63) is 65.2 Å². The number of aromatic nitrogens is 6. The van der Waals surface area contributed by atoms with Gasteiger partial charge in [-0.1, -0.05) is 42.0 Å². The highest BCUT2D eigenvalue weighted by Gasteiger charge is 2.33. The van der Waals surface area contributed by atoms with Crippen LogP contribution in [-0.4, -0.2) is 47.4 Å². The standard InChI is InChI=1S/C26H29N7O2/c1-16-10-11-20-21(32(16)26(34)35)12-13-22-24(20)27-23(14-17-6-3-2-4-7-17)33(22)19-9-5-8-18(15-19)25-28-30-31-29-25/h2-4,6-7,12-13,16,18-19H,5,8-11,14-15H2,1H3,(H,34,35)(H,28,29,30,31)/t16-,18?,19?/m0/s1. The van der Waals surface area contributed by atoms with Crippen LogP contribution in [0, 0.1) is 0 Å². The van der Waals surface area contributed by atoms with Crippen LogP contribution in [0.2, 0.25) is 0 Å². The topological polar surface area (TPSA) is 113 Å². The first-order valence-electron chi connectivity index (χ1n) is 12.4. The SMILES string of the molecule is C[C@H]1CCc2c(ccc3c2nc(Cc2ccccc2)n3C2CCCC(c3nn[nH]n3)C2)N1C(=O)O. The molecule has 3 atom stereocenters. The average Bonchev–Trinajstić information content (AvgIpc) is 3.52. The molecule has 1 saturated carbocycles. The number of aryl methyl sites for hydroxylation is 1. The Hall–Kier alpha value is -3.75. The number of rotatable bonds is 4. The molecule has 4 aromatic rings. The molecule has 0 bridgehead atoms. The number of H-pyrrole nitrogens is 1. The smallest absolute Gasteiger partial charge is 0.412 e. The lowest BCUT2D eigenvalue weighted by atomic mass is 9.85. The number of nitrogens with one attached hydrogen (secondary N) is 1. The zero-order valence-electron chi connectivity index (χ0n) is 19.8. The van der Waals surface area contributed by atoms with Crippen LogP contribution in [0.3, 0.4) is 0 Å². The normalized spacial score (nSPS) is 22.3. The van der Waals surface area contributed by atoms with E-state index in [1.165, 1.54) is 10.5 Å². The number of anilines is 1. The Morgan fingerprint density at radius 2 is 2.00 bits per heavy atom. The molecule has 2 N–H and O–H groups in total. The number of carboxylic acid groups (broad SMARTS) is 1. The lowest BCUT2D eigenvalue weighted by molar-refractivity contribution is 0.198. The molecule has 3 heterocycles. The quantitative estimate of drug-likeness (QED) is 0.440. The number of hydrogen-bond donors (Lipinski definition) is 2. The van der Waals surface area contributed by atoms with Gasteiger partial charge >= 0.3 is 6.09 Å². The Labute approximate surface area is 203 Å². The summed E-state index contributed by atoms with van der Waals surface area (Å²) in [6.07, 6.45) is 5.59. The Balaban J connectivity index is 1.48. The van der Waals surface area contributed by atoms with Crippen LogP contribution >= 0.6 is 0 Å². The molecule has 2 aliphatic rings. The Kier molecular flexibility index (Phi) is 5.47. The van der Waals surface area contributed by atoms with Crippen LogP contribution in [0.5, 0.6) is 0 Å². The summed E-state index contributed by atoms with van der Waals surface area (Å²) in [6, 6.07) is 14.7. The minimum atomic E-state index is -0.906. The molecule has 1 fully saturated rings. The zero-order chi connectivity index (χ0) is 23.9. The molecule has 9 heteroatoms. The summed E-state index contributed by atoms with van der Waals surface area (Å²) in [7, 11) is 0. The van der Waals surface area contributed by atoms with Crippen LogP contribution in [0.4, 0.5) is 10.5 Å². The van der Waals surface area contributed by atoms with E-state index in [0.29, 0.717) is 0 Å². The van der Waals surface area contributed by atoms with Gasteiger partial charge in [-0.2, -0.15) is 5.21 Å². The third-order valence-corrected chi connectivity index (χ3v) is 7.68. The maximum atomic E-state index is 12.1. The van der Waals surface area contributed by atoms with Crippen molar-refractivity contribution in [1.82, 2.24) is 30.2 Å². The number of imidazole rings is 1. The number of carbonyl (C=O) groups is 1. The van der Waals surface area contributed by atoms with Gasteiger partial charge in [-0.15, -0.1) is 10.2 Å². The molecule has 2 aromatic heterocycles. The second kappa shape index (κ2) is 8.79. The van der Waals surface area contributed by atoms with E-state index in [-0.39, 0.29) is 18.0 Å². The Morgan fingerprint density at radius 3 is 2.77 bits per heavy atom. The van der Waals surface area contributed by atoms with Crippen LogP contribution in [0.1, 0.15) is 73.8 Å². The third kappa shape index (κ3) is 3.84. The summed E-state index contributed by atoms with van der Waals surface area (Å²) in [5.41, 5.74) is 5.06. The molecule has 0 spiro atoms. The Bertz CT molecular complexity index is 1350. The van der Waals surface area contributed by atoms with E-state index in [0.717, 1.165) is 78.9 Å². The molecule has 180 valence electrons. The molecule has 0 radical (unpaired) electrons. The minimum Gasteiger partial charge on any atom is -0.465 e. The largest absolute Gasteiger partial charge is 0.465 e. The second-order valence-corrected chi connectivity index (χ2v) is 9.82. The van der Waals surface area contributed by atoms with Crippen LogP contribution < -0.4 is 4.90 Å². The van der Waals surface area contributed by atoms with Gasteiger partial charge in [0.05, 0.1) is 16.7 Å². The molecule has 2 unspecified atom stereocenters. The number of nitrogens with zero attached hydrogens (tertiary/aromatic N) is 6. The molecule has 9 nitrogen and oxygen atoms in total. The molecule has 35 heavy (non-hydrogen) atoms. The van der Waals surface area contributed by atoms with Gasteiger partial charge in [0.2, 0.25) is 0 Å². The fraction of sp³-hybridized carbons (Fsp3) is 0.423. The zero-order valence-corrected chi connectivity index (χ0v) is 19.8. The number of aromatic amines is 1. The van der Waals surface area contributed by atoms with Crippen LogP contribution in [0.15, 0.2) is 42.5 Å². The van der Waals surface area contributed by atoms with Crippen molar-refractivity contribution >= 4 is 22.8 Å². The summed E-state index contributed by atoms with van der Waals surface area (Å²) < 4.78 is 2.41.